The molecule has 18 heavy (non-hydrogen) atoms. The van der Waals surface area contributed by atoms with Crippen LogP contribution >= 0.6 is 11.6 Å². The van der Waals surface area contributed by atoms with Gasteiger partial charge in [-0.15, -0.1) is 0 Å². The molecule has 1 aromatic heterocycles. The largest absolute Gasteiger partial charge is 0.358 e. The molecule has 1 unspecified atom stereocenters. The second kappa shape index (κ2) is 4.94. The van der Waals surface area contributed by atoms with Crippen molar-refractivity contribution in [1.29, 1.82) is 0 Å². The van der Waals surface area contributed by atoms with E-state index in [1.165, 1.54) is 16.6 Å². The van der Waals surface area contributed by atoms with Crippen molar-refractivity contribution in [2.24, 2.45) is 11.7 Å². The predicted octanol–water partition coefficient (Wildman–Crippen LogP) is 4.14. The summed E-state index contributed by atoms with van der Waals surface area (Å²) in [7, 11) is 0. The molecule has 0 saturated heterocycles. The third kappa shape index (κ3) is 2.04. The number of benzene rings is 1. The second-order valence-electron chi connectivity index (χ2n) is 5.34. The minimum Gasteiger partial charge on any atom is -0.358 e. The van der Waals surface area contributed by atoms with E-state index in [9.17, 15) is 0 Å². The number of nitrogens with two attached hydrogens (primary N) is 1. The van der Waals surface area contributed by atoms with E-state index >= 15 is 0 Å². The number of hydrogen-bond donors (Lipinski definition) is 2. The molecule has 98 valence electrons. The zero-order valence-electron chi connectivity index (χ0n) is 11.5. The Balaban J connectivity index is 2.72. The average molecular weight is 265 g/mol. The van der Waals surface area contributed by atoms with Crippen LogP contribution in [0.4, 0.5) is 0 Å². The van der Waals surface area contributed by atoms with Crippen molar-refractivity contribution in [2.45, 2.75) is 33.6 Å². The predicted molar refractivity (Wildman–Crippen MR) is 79.4 cm³/mol. The summed E-state index contributed by atoms with van der Waals surface area (Å²) in [4.78, 5) is 3.47. The lowest BCUT2D eigenvalue weighted by molar-refractivity contribution is 0.507. The molecule has 1 atom stereocenters. The molecule has 3 N–H and O–H groups in total. The number of aromatic amines is 1. The third-order valence-electron chi connectivity index (χ3n) is 3.84. The van der Waals surface area contributed by atoms with E-state index in [0.717, 1.165) is 16.1 Å². The molecule has 0 spiro atoms. The summed E-state index contributed by atoms with van der Waals surface area (Å²) in [6, 6.07) is 4.08. The highest BCUT2D eigenvalue weighted by Crippen LogP contribution is 2.35. The van der Waals surface area contributed by atoms with Gasteiger partial charge in [-0.1, -0.05) is 31.5 Å². The van der Waals surface area contributed by atoms with E-state index in [1.54, 1.807) is 0 Å². The van der Waals surface area contributed by atoms with Crippen LogP contribution in [-0.4, -0.2) is 11.5 Å². The summed E-state index contributed by atoms with van der Waals surface area (Å²) >= 11 is 6.18. The van der Waals surface area contributed by atoms with E-state index in [0.29, 0.717) is 18.4 Å². The highest BCUT2D eigenvalue weighted by Gasteiger charge is 2.21. The summed E-state index contributed by atoms with van der Waals surface area (Å²) in [6.45, 7) is 9.29. The fraction of sp³-hybridized carbons (Fsp3) is 0.467. The van der Waals surface area contributed by atoms with Crippen molar-refractivity contribution in [2.75, 3.05) is 6.54 Å². The Labute approximate surface area is 114 Å². The lowest BCUT2D eigenvalue weighted by atomic mass is 9.86. The molecule has 2 aromatic rings. The minimum absolute atomic E-state index is 0.388. The minimum atomic E-state index is 0.388. The highest BCUT2D eigenvalue weighted by molar-refractivity contribution is 6.32. The van der Waals surface area contributed by atoms with Crippen LogP contribution in [0.15, 0.2) is 12.1 Å². The van der Waals surface area contributed by atoms with Gasteiger partial charge < -0.3 is 10.7 Å². The van der Waals surface area contributed by atoms with Gasteiger partial charge in [0, 0.05) is 22.0 Å². The summed E-state index contributed by atoms with van der Waals surface area (Å²) in [5, 5.41) is 2.07. The number of hydrogen-bond acceptors (Lipinski definition) is 1. The standard InChI is InChI=1S/C15H21ClN2/c1-8(2)12(7-17)14-10(4)18-15-9(3)13(16)6-5-11(14)15/h5-6,8,12,18H,7,17H2,1-4H3. The Morgan fingerprint density at radius 3 is 2.50 bits per heavy atom. The molecular weight excluding hydrogens is 244 g/mol. The van der Waals surface area contributed by atoms with E-state index in [1.807, 2.05) is 6.07 Å². The zero-order chi connectivity index (χ0) is 13.4. The molecule has 0 aliphatic carbocycles. The van der Waals surface area contributed by atoms with E-state index < -0.39 is 0 Å². The first-order chi connectivity index (χ1) is 8.47. The number of nitrogens with one attached hydrogen (secondary N) is 1. The molecule has 1 heterocycles. The summed E-state index contributed by atoms with van der Waals surface area (Å²) in [5.74, 6) is 0.919. The van der Waals surface area contributed by atoms with Crippen LogP contribution < -0.4 is 5.73 Å². The number of rotatable bonds is 3. The Morgan fingerprint density at radius 1 is 1.28 bits per heavy atom. The lowest BCUT2D eigenvalue weighted by Crippen LogP contribution is -2.18. The first-order valence-electron chi connectivity index (χ1n) is 6.44. The number of fused-ring (bicyclic) bond motifs is 1. The first kappa shape index (κ1) is 13.4. The van der Waals surface area contributed by atoms with Crippen LogP contribution in [0, 0.1) is 19.8 Å². The van der Waals surface area contributed by atoms with Crippen LogP contribution in [0.2, 0.25) is 5.02 Å². The van der Waals surface area contributed by atoms with Crippen molar-refractivity contribution in [3.05, 3.63) is 34.0 Å². The zero-order valence-corrected chi connectivity index (χ0v) is 12.2. The van der Waals surface area contributed by atoms with Crippen molar-refractivity contribution < 1.29 is 0 Å². The number of aryl methyl sites for hydroxylation is 2. The van der Waals surface area contributed by atoms with Gasteiger partial charge in [0.25, 0.3) is 0 Å². The fourth-order valence-electron chi connectivity index (χ4n) is 2.73. The molecule has 0 bridgehead atoms. The molecule has 0 fully saturated rings. The van der Waals surface area contributed by atoms with Gasteiger partial charge in [-0.3, -0.25) is 0 Å². The molecule has 2 nitrogen and oxygen atoms in total. The van der Waals surface area contributed by atoms with Gasteiger partial charge in [-0.2, -0.15) is 0 Å². The van der Waals surface area contributed by atoms with Gasteiger partial charge in [0.1, 0.15) is 0 Å². The van der Waals surface area contributed by atoms with Gasteiger partial charge >= 0.3 is 0 Å². The quantitative estimate of drug-likeness (QED) is 0.860. The maximum Gasteiger partial charge on any atom is 0.0503 e. The van der Waals surface area contributed by atoms with E-state index in [2.05, 4.69) is 38.7 Å². The molecule has 2 rings (SSSR count). The van der Waals surface area contributed by atoms with Crippen molar-refractivity contribution in [1.82, 2.24) is 4.98 Å². The smallest absolute Gasteiger partial charge is 0.0503 e. The Kier molecular flexibility index (Phi) is 3.69. The SMILES string of the molecule is Cc1[nH]c2c(C)c(Cl)ccc2c1C(CN)C(C)C. The average Bonchev–Trinajstić information content (AvgIpc) is 2.63. The van der Waals surface area contributed by atoms with Crippen LogP contribution in [-0.2, 0) is 0 Å². The molecule has 1 aromatic carbocycles. The van der Waals surface area contributed by atoms with E-state index in [-0.39, 0.29) is 0 Å². The van der Waals surface area contributed by atoms with Gasteiger partial charge in [0.15, 0.2) is 0 Å². The van der Waals surface area contributed by atoms with Gasteiger partial charge in [0.2, 0.25) is 0 Å². The van der Waals surface area contributed by atoms with Crippen molar-refractivity contribution in [3.63, 3.8) is 0 Å². The van der Waals surface area contributed by atoms with Gasteiger partial charge in [-0.25, -0.2) is 0 Å². The van der Waals surface area contributed by atoms with Gasteiger partial charge in [-0.05, 0) is 43.5 Å². The molecule has 0 aliphatic rings. The number of halogens is 1. The maximum absolute atomic E-state index is 6.18. The molecule has 0 radical (unpaired) electrons. The Morgan fingerprint density at radius 2 is 1.94 bits per heavy atom. The highest BCUT2D eigenvalue weighted by atomic mass is 35.5. The molecule has 0 aliphatic heterocycles. The number of aromatic nitrogens is 1. The molecule has 0 amide bonds. The number of H-pyrrole nitrogens is 1. The third-order valence-corrected chi connectivity index (χ3v) is 4.24. The molecular formula is C15H21ClN2. The van der Waals surface area contributed by atoms with Crippen LogP contribution in [0.1, 0.15) is 36.6 Å². The van der Waals surface area contributed by atoms with Crippen LogP contribution in [0.25, 0.3) is 10.9 Å². The topological polar surface area (TPSA) is 41.8 Å². The molecule has 3 heteroatoms. The second-order valence-corrected chi connectivity index (χ2v) is 5.75. The molecule has 0 saturated carbocycles. The fourth-order valence-corrected chi connectivity index (χ4v) is 2.89. The Bertz CT molecular complexity index is 569. The lowest BCUT2D eigenvalue weighted by Gasteiger charge is -2.19. The summed E-state index contributed by atoms with van der Waals surface area (Å²) in [5.41, 5.74) is 10.8. The van der Waals surface area contributed by atoms with Crippen LogP contribution in [0.5, 0.6) is 0 Å². The van der Waals surface area contributed by atoms with Gasteiger partial charge in [0.05, 0.1) is 5.52 Å². The van der Waals surface area contributed by atoms with Crippen LogP contribution in [0.3, 0.4) is 0 Å². The van der Waals surface area contributed by atoms with Crippen molar-refractivity contribution in [3.8, 4) is 0 Å². The van der Waals surface area contributed by atoms with E-state index in [4.69, 9.17) is 17.3 Å². The first-order valence-corrected chi connectivity index (χ1v) is 6.82. The summed E-state index contributed by atoms with van der Waals surface area (Å²) < 4.78 is 0. The normalized spacial score (nSPS) is 13.5. The Hall–Kier alpha value is -0.990. The summed E-state index contributed by atoms with van der Waals surface area (Å²) in [6.07, 6.45) is 0. The van der Waals surface area contributed by atoms with Crippen molar-refractivity contribution >= 4 is 22.5 Å². The maximum atomic E-state index is 6.18. The monoisotopic (exact) mass is 264 g/mol.